The zero-order chi connectivity index (χ0) is 25.3. The van der Waals surface area contributed by atoms with Gasteiger partial charge in [0, 0.05) is 13.1 Å². The highest BCUT2D eigenvalue weighted by molar-refractivity contribution is 5.98. The number of hydrogen-bond donors (Lipinski definition) is 1. The Kier molecular flexibility index (Phi) is 8.13. The van der Waals surface area contributed by atoms with Crippen molar-refractivity contribution in [1.82, 2.24) is 9.80 Å². The minimum atomic E-state index is -1.10. The molecular formula is C26H42N2O6. The van der Waals surface area contributed by atoms with Gasteiger partial charge in [-0.25, -0.2) is 0 Å². The van der Waals surface area contributed by atoms with Gasteiger partial charge in [0.25, 0.3) is 0 Å². The minimum Gasteiger partial charge on any atom is -0.466 e. The van der Waals surface area contributed by atoms with Gasteiger partial charge in [-0.05, 0) is 39.0 Å². The van der Waals surface area contributed by atoms with Crippen molar-refractivity contribution < 1.29 is 29.0 Å². The van der Waals surface area contributed by atoms with Gasteiger partial charge in [-0.1, -0.05) is 39.7 Å². The Morgan fingerprint density at radius 3 is 2.62 bits per heavy atom. The maximum atomic E-state index is 14.2. The average Bonchev–Trinajstić information content (AvgIpc) is 3.38. The first-order valence-electron chi connectivity index (χ1n) is 12.9. The third-order valence-electron chi connectivity index (χ3n) is 8.28. The largest absolute Gasteiger partial charge is 0.466 e. The Bertz CT molecular complexity index is 802. The lowest BCUT2D eigenvalue weighted by atomic mass is 9.66. The zero-order valence-electron chi connectivity index (χ0n) is 21.4. The number of ether oxygens (including phenoxy) is 2. The number of unbranched alkanes of at least 4 members (excludes halogenated alkanes) is 1. The van der Waals surface area contributed by atoms with Crippen molar-refractivity contribution in [2.24, 2.45) is 17.8 Å². The number of carbonyl (C=O) groups is 3. The molecule has 0 radical (unpaired) electrons. The molecule has 2 amide bonds. The number of hydrogen-bond acceptors (Lipinski definition) is 6. The normalized spacial score (nSPS) is 33.5. The van der Waals surface area contributed by atoms with Crippen LogP contribution in [0.15, 0.2) is 12.7 Å². The van der Waals surface area contributed by atoms with E-state index in [2.05, 4.69) is 13.5 Å². The van der Waals surface area contributed by atoms with Crippen LogP contribution in [0.25, 0.3) is 0 Å². The molecule has 2 unspecified atom stereocenters. The van der Waals surface area contributed by atoms with E-state index < -0.39 is 41.1 Å². The molecule has 1 N–H and O–H groups in total. The lowest BCUT2D eigenvalue weighted by molar-refractivity contribution is -0.162. The van der Waals surface area contributed by atoms with Crippen LogP contribution >= 0.6 is 0 Å². The number of nitrogens with zero attached hydrogens (tertiary/aromatic N) is 2. The van der Waals surface area contributed by atoms with Crippen LogP contribution in [0.2, 0.25) is 0 Å². The van der Waals surface area contributed by atoms with E-state index in [1.807, 2.05) is 20.8 Å². The maximum Gasteiger partial charge on any atom is 0.312 e. The van der Waals surface area contributed by atoms with Gasteiger partial charge in [-0.15, -0.1) is 6.58 Å². The van der Waals surface area contributed by atoms with E-state index in [1.54, 1.807) is 22.8 Å². The quantitative estimate of drug-likeness (QED) is 0.342. The summed E-state index contributed by atoms with van der Waals surface area (Å²) in [5.41, 5.74) is -1.96. The van der Waals surface area contributed by atoms with Crippen molar-refractivity contribution in [3.05, 3.63) is 12.7 Å². The van der Waals surface area contributed by atoms with Crippen LogP contribution in [0.5, 0.6) is 0 Å². The number of likely N-dealkylation sites (tertiary alicyclic amines) is 1. The summed E-state index contributed by atoms with van der Waals surface area (Å²) in [4.78, 5) is 44.7. The number of aliphatic hydroxyl groups is 1. The fraction of sp³-hybridized carbons (Fsp3) is 0.808. The van der Waals surface area contributed by atoms with Gasteiger partial charge in [0.2, 0.25) is 11.8 Å². The SMILES string of the molecule is C=CCN(CCCC)C(=O)C1N([C@@H](CO)[C@@H](C)CC)C(=O)[C@@H]2[C@@H](C(=O)OCC)[C@@]3(C)CCC12O3. The van der Waals surface area contributed by atoms with E-state index in [0.717, 1.165) is 19.3 Å². The van der Waals surface area contributed by atoms with Gasteiger partial charge >= 0.3 is 5.97 Å². The van der Waals surface area contributed by atoms with Crippen LogP contribution in [-0.2, 0) is 23.9 Å². The number of carbonyl (C=O) groups excluding carboxylic acids is 3. The Morgan fingerprint density at radius 2 is 2.06 bits per heavy atom. The number of aliphatic hydroxyl groups excluding tert-OH is 1. The Balaban J connectivity index is 2.13. The van der Waals surface area contributed by atoms with Crippen LogP contribution in [0, 0.1) is 17.8 Å². The van der Waals surface area contributed by atoms with Gasteiger partial charge in [0.05, 0.1) is 30.8 Å². The summed E-state index contributed by atoms with van der Waals surface area (Å²) in [6.45, 7) is 14.3. The van der Waals surface area contributed by atoms with Crippen LogP contribution in [0.4, 0.5) is 0 Å². The van der Waals surface area contributed by atoms with Crippen molar-refractivity contribution in [3.8, 4) is 0 Å². The highest BCUT2D eigenvalue weighted by Gasteiger charge is 2.79. The molecule has 8 nitrogen and oxygen atoms in total. The van der Waals surface area contributed by atoms with E-state index in [-0.39, 0.29) is 30.9 Å². The Labute approximate surface area is 203 Å². The molecule has 8 heteroatoms. The minimum absolute atomic E-state index is 0.0307. The molecule has 34 heavy (non-hydrogen) atoms. The zero-order valence-corrected chi connectivity index (χ0v) is 21.4. The molecule has 0 aliphatic carbocycles. The van der Waals surface area contributed by atoms with Crippen LogP contribution in [0.3, 0.4) is 0 Å². The molecule has 3 fully saturated rings. The molecule has 192 valence electrons. The Hall–Kier alpha value is -1.93. The van der Waals surface area contributed by atoms with Crippen molar-refractivity contribution >= 4 is 17.8 Å². The first-order valence-corrected chi connectivity index (χ1v) is 12.9. The fourth-order valence-corrected chi connectivity index (χ4v) is 6.37. The molecule has 0 aromatic rings. The van der Waals surface area contributed by atoms with E-state index in [1.165, 1.54) is 0 Å². The lowest BCUT2D eigenvalue weighted by Crippen LogP contribution is -2.60. The molecule has 3 aliphatic rings. The number of fused-ring (bicyclic) bond motifs is 1. The molecule has 3 saturated heterocycles. The molecule has 3 aliphatic heterocycles. The monoisotopic (exact) mass is 478 g/mol. The van der Waals surface area contributed by atoms with Crippen molar-refractivity contribution in [3.63, 3.8) is 0 Å². The van der Waals surface area contributed by atoms with Crippen LogP contribution < -0.4 is 0 Å². The third-order valence-corrected chi connectivity index (χ3v) is 8.28. The van der Waals surface area contributed by atoms with E-state index in [4.69, 9.17) is 9.47 Å². The van der Waals surface area contributed by atoms with E-state index in [0.29, 0.717) is 25.9 Å². The van der Waals surface area contributed by atoms with Gasteiger partial charge < -0.3 is 24.4 Å². The summed E-state index contributed by atoms with van der Waals surface area (Å²) >= 11 is 0. The predicted octanol–water partition coefficient (Wildman–Crippen LogP) is 2.54. The highest BCUT2D eigenvalue weighted by atomic mass is 16.6. The third kappa shape index (κ3) is 4.06. The average molecular weight is 479 g/mol. The second-order valence-electron chi connectivity index (χ2n) is 10.3. The summed E-state index contributed by atoms with van der Waals surface area (Å²) in [5.74, 6) is -2.52. The number of rotatable bonds is 12. The maximum absolute atomic E-state index is 14.2. The second-order valence-corrected chi connectivity index (χ2v) is 10.3. The molecule has 3 heterocycles. The summed E-state index contributed by atoms with van der Waals surface area (Å²) < 4.78 is 12.0. The first kappa shape index (κ1) is 26.7. The summed E-state index contributed by atoms with van der Waals surface area (Å²) in [6, 6.07) is -1.43. The molecule has 0 aromatic carbocycles. The van der Waals surface area contributed by atoms with Crippen molar-refractivity contribution in [1.29, 1.82) is 0 Å². The van der Waals surface area contributed by atoms with Gasteiger partial charge in [0.15, 0.2) is 0 Å². The van der Waals surface area contributed by atoms with Crippen LogP contribution in [-0.4, -0.2) is 82.3 Å². The summed E-state index contributed by atoms with van der Waals surface area (Å²) in [6.07, 6.45) is 5.26. The summed E-state index contributed by atoms with van der Waals surface area (Å²) in [7, 11) is 0. The molecule has 0 aromatic heterocycles. The molecule has 7 atom stereocenters. The fourth-order valence-electron chi connectivity index (χ4n) is 6.37. The van der Waals surface area contributed by atoms with Gasteiger partial charge in [0.1, 0.15) is 17.6 Å². The predicted molar refractivity (Wildman–Crippen MR) is 128 cm³/mol. The summed E-state index contributed by atoms with van der Waals surface area (Å²) in [5, 5.41) is 10.4. The smallest absolute Gasteiger partial charge is 0.312 e. The van der Waals surface area contributed by atoms with Crippen molar-refractivity contribution in [2.75, 3.05) is 26.3 Å². The molecule has 3 rings (SSSR count). The van der Waals surface area contributed by atoms with E-state index >= 15 is 0 Å². The lowest BCUT2D eigenvalue weighted by Gasteiger charge is -2.41. The van der Waals surface area contributed by atoms with Crippen LogP contribution in [0.1, 0.15) is 66.7 Å². The topological polar surface area (TPSA) is 96.4 Å². The first-order chi connectivity index (χ1) is 16.2. The number of esters is 1. The Morgan fingerprint density at radius 1 is 1.35 bits per heavy atom. The highest BCUT2D eigenvalue weighted by Crippen LogP contribution is 2.64. The van der Waals surface area contributed by atoms with Gasteiger partial charge in [-0.3, -0.25) is 14.4 Å². The van der Waals surface area contributed by atoms with E-state index in [9.17, 15) is 19.5 Å². The molecule has 0 saturated carbocycles. The molecule has 2 bridgehead atoms. The molecule has 1 spiro atoms. The van der Waals surface area contributed by atoms with Crippen molar-refractivity contribution in [2.45, 2.75) is 90.0 Å². The standard InChI is InChI=1S/C26H42N2O6/c1-7-11-15-27(14-8-2)23(31)21-26-13-12-25(6,34-26)20(24(32)33-10-4)19(26)22(30)28(21)18(16-29)17(5)9-3/h8,17-21,29H,2,7,9-16H2,1,3-6H3/t17-,18-,19-,20-,21?,25+,26?/m0/s1. The van der Waals surface area contributed by atoms with Gasteiger partial charge in [-0.2, -0.15) is 0 Å². The second kappa shape index (κ2) is 10.4. The molecular weight excluding hydrogens is 436 g/mol. The number of amides is 2.